The average molecular weight is 711 g/mol. The maximum Gasteiger partial charge on any atom is 0.256 e. The number of nitrogens with zero attached hydrogens (tertiary/aromatic N) is 1. The molecule has 3 atom stereocenters. The first kappa shape index (κ1) is 35.1. The number of carbonyl (C=O) groups excluding carboxylic acids is 2. The molecule has 8 nitrogen and oxygen atoms in total. The van der Waals surface area contributed by atoms with Crippen LogP contribution in [0.5, 0.6) is 0 Å². The van der Waals surface area contributed by atoms with Crippen LogP contribution in [0.2, 0.25) is 0 Å². The molecule has 2 heterocycles. The summed E-state index contributed by atoms with van der Waals surface area (Å²) in [7, 11) is 0. The van der Waals surface area contributed by atoms with E-state index in [0.717, 1.165) is 44.8 Å². The number of Topliss-reactive ketones (excluding diaryl/α,β-unsaturated/α-hetero) is 1. The van der Waals surface area contributed by atoms with Gasteiger partial charge in [0.1, 0.15) is 5.69 Å². The van der Waals surface area contributed by atoms with Gasteiger partial charge in [-0.15, -0.1) is 0 Å². The molecule has 0 radical (unpaired) electrons. The largest absolute Gasteiger partial charge is 0.431 e. The summed E-state index contributed by atoms with van der Waals surface area (Å²) in [5.74, 6) is 1.06. The molecule has 1 aliphatic rings. The van der Waals surface area contributed by atoms with E-state index in [1.165, 1.54) is 18.7 Å². The van der Waals surface area contributed by atoms with E-state index < -0.39 is 6.29 Å². The van der Waals surface area contributed by atoms with Crippen molar-refractivity contribution in [2.45, 2.75) is 50.1 Å². The van der Waals surface area contributed by atoms with Crippen molar-refractivity contribution in [2.24, 2.45) is 0 Å². The minimum absolute atomic E-state index is 0.0297. The number of aromatic nitrogens is 1. The molecule has 0 bridgehead atoms. The number of anilines is 1. The van der Waals surface area contributed by atoms with Gasteiger partial charge in [0, 0.05) is 40.1 Å². The van der Waals surface area contributed by atoms with Crippen molar-refractivity contribution in [3.63, 3.8) is 0 Å². The summed E-state index contributed by atoms with van der Waals surface area (Å²) >= 11 is 1.51. The highest BCUT2D eigenvalue weighted by atomic mass is 32.2. The van der Waals surface area contributed by atoms with Gasteiger partial charge in [0.05, 0.1) is 25.2 Å². The molecule has 0 saturated carbocycles. The standard InChI is InChI=1S/C43H38N2O6S/c1-28(47)35-13-8-14-36(24-35)44-39(48)23-29-15-21-34(22-16-29)42-49-37(25-38(50-42)31-19-17-30(26-46)18-20-31)27-52-43-45-40(32-9-4-2-5-10-32)41(51-43)33-11-6-3-7-12-33/h2-22,24,37-38,42,46H,23,25-27H2,1H3,(H,44,48). The first-order chi connectivity index (χ1) is 25.4. The Hall–Kier alpha value is -5.32. The van der Waals surface area contributed by atoms with E-state index in [4.69, 9.17) is 18.9 Å². The highest BCUT2D eigenvalue weighted by molar-refractivity contribution is 7.99. The summed E-state index contributed by atoms with van der Waals surface area (Å²) in [6, 6.07) is 42.4. The smallest absolute Gasteiger partial charge is 0.256 e. The molecular formula is C43H38N2O6S. The monoisotopic (exact) mass is 710 g/mol. The molecule has 1 aromatic heterocycles. The number of carbonyl (C=O) groups is 2. The minimum atomic E-state index is -0.650. The third-order valence-electron chi connectivity index (χ3n) is 8.87. The predicted octanol–water partition coefficient (Wildman–Crippen LogP) is 9.22. The van der Waals surface area contributed by atoms with E-state index in [-0.39, 0.29) is 36.9 Å². The zero-order chi connectivity index (χ0) is 35.9. The third kappa shape index (κ3) is 8.58. The molecule has 7 rings (SSSR count). The molecule has 262 valence electrons. The number of hydrogen-bond donors (Lipinski definition) is 2. The Bertz CT molecular complexity index is 2060. The molecule has 2 N–H and O–H groups in total. The van der Waals surface area contributed by atoms with Crippen molar-refractivity contribution < 1.29 is 28.6 Å². The van der Waals surface area contributed by atoms with Crippen molar-refractivity contribution in [1.29, 1.82) is 0 Å². The van der Waals surface area contributed by atoms with Gasteiger partial charge < -0.3 is 24.3 Å². The Morgan fingerprint density at radius 3 is 2.15 bits per heavy atom. The lowest BCUT2D eigenvalue weighted by atomic mass is 10.0. The van der Waals surface area contributed by atoms with E-state index in [9.17, 15) is 14.7 Å². The van der Waals surface area contributed by atoms with Crippen molar-refractivity contribution in [3.05, 3.63) is 161 Å². The lowest BCUT2D eigenvalue weighted by Crippen LogP contribution is -2.31. The molecule has 1 amide bonds. The average Bonchev–Trinajstić information content (AvgIpc) is 3.62. The number of aliphatic hydroxyl groups is 1. The van der Waals surface area contributed by atoms with Crippen LogP contribution in [0.25, 0.3) is 22.6 Å². The number of hydrogen-bond acceptors (Lipinski definition) is 8. The Kier molecular flexibility index (Phi) is 11.0. The van der Waals surface area contributed by atoms with E-state index in [0.29, 0.717) is 28.6 Å². The van der Waals surface area contributed by atoms with Gasteiger partial charge in [0.25, 0.3) is 5.22 Å². The summed E-state index contributed by atoms with van der Waals surface area (Å²) in [5, 5.41) is 13.0. The summed E-state index contributed by atoms with van der Waals surface area (Å²) in [4.78, 5) is 29.5. The minimum Gasteiger partial charge on any atom is -0.431 e. The quantitative estimate of drug-likeness (QED) is 0.0956. The Labute approximate surface area is 306 Å². The fraction of sp³-hybridized carbons (Fsp3) is 0.186. The van der Waals surface area contributed by atoms with Crippen LogP contribution in [0, 0.1) is 0 Å². The van der Waals surface area contributed by atoms with Crippen molar-refractivity contribution in [2.75, 3.05) is 11.1 Å². The number of ether oxygens (including phenoxy) is 2. The Balaban J connectivity index is 1.07. The topological polar surface area (TPSA) is 111 Å². The number of nitrogens with one attached hydrogen (secondary N) is 1. The molecule has 6 aromatic rings. The normalized spacial score (nSPS) is 17.1. The van der Waals surface area contributed by atoms with Crippen LogP contribution >= 0.6 is 11.8 Å². The summed E-state index contributed by atoms with van der Waals surface area (Å²) in [5.41, 5.74) is 7.34. The third-order valence-corrected chi connectivity index (χ3v) is 9.83. The fourth-order valence-corrected chi connectivity index (χ4v) is 6.97. The number of thioether (sulfide) groups is 1. The second-order valence-electron chi connectivity index (χ2n) is 12.7. The summed E-state index contributed by atoms with van der Waals surface area (Å²) in [6.07, 6.45) is -0.318. The number of oxazole rings is 1. The second kappa shape index (κ2) is 16.4. The van der Waals surface area contributed by atoms with Crippen LogP contribution in [-0.2, 0) is 27.3 Å². The number of amides is 1. The van der Waals surface area contributed by atoms with E-state index in [1.807, 2.05) is 109 Å². The SMILES string of the molecule is CC(=O)c1cccc(NC(=O)Cc2ccc(C3OC(CSc4nc(-c5ccccc5)c(-c5ccccc5)o4)CC(c4ccc(CO)cc4)O3)cc2)c1. The maximum atomic E-state index is 12.8. The number of benzene rings is 5. The number of aliphatic hydroxyl groups excluding tert-OH is 1. The van der Waals surface area contributed by atoms with Gasteiger partial charge in [0.2, 0.25) is 5.91 Å². The van der Waals surface area contributed by atoms with E-state index >= 15 is 0 Å². The maximum absolute atomic E-state index is 12.8. The first-order valence-corrected chi connectivity index (χ1v) is 18.1. The van der Waals surface area contributed by atoms with Gasteiger partial charge >= 0.3 is 0 Å². The number of ketones is 1. The molecule has 0 aliphatic carbocycles. The predicted molar refractivity (Wildman–Crippen MR) is 202 cm³/mol. The zero-order valence-corrected chi connectivity index (χ0v) is 29.4. The van der Waals surface area contributed by atoms with Crippen LogP contribution in [0.4, 0.5) is 5.69 Å². The molecule has 5 aromatic carbocycles. The van der Waals surface area contributed by atoms with Gasteiger partial charge in [-0.05, 0) is 35.7 Å². The zero-order valence-electron chi connectivity index (χ0n) is 28.6. The van der Waals surface area contributed by atoms with Crippen molar-refractivity contribution >= 4 is 29.1 Å². The summed E-state index contributed by atoms with van der Waals surface area (Å²) < 4.78 is 19.5. The molecule has 1 saturated heterocycles. The fourth-order valence-electron chi connectivity index (χ4n) is 6.13. The lowest BCUT2D eigenvalue weighted by Gasteiger charge is -2.36. The van der Waals surface area contributed by atoms with Gasteiger partial charge in [-0.2, -0.15) is 0 Å². The van der Waals surface area contributed by atoms with E-state index in [1.54, 1.807) is 24.3 Å². The van der Waals surface area contributed by atoms with Crippen LogP contribution in [0.3, 0.4) is 0 Å². The second-order valence-corrected chi connectivity index (χ2v) is 13.6. The van der Waals surface area contributed by atoms with Crippen LogP contribution in [0.1, 0.15) is 58.4 Å². The van der Waals surface area contributed by atoms with E-state index in [2.05, 4.69) is 5.32 Å². The Morgan fingerprint density at radius 1 is 0.788 bits per heavy atom. The molecular weight excluding hydrogens is 673 g/mol. The molecule has 1 fully saturated rings. The Morgan fingerprint density at radius 2 is 1.46 bits per heavy atom. The molecule has 1 aliphatic heterocycles. The molecule has 0 spiro atoms. The lowest BCUT2D eigenvalue weighted by molar-refractivity contribution is -0.245. The first-order valence-electron chi connectivity index (χ1n) is 17.2. The number of rotatable bonds is 12. The summed E-state index contributed by atoms with van der Waals surface area (Å²) in [6.45, 7) is 1.47. The van der Waals surface area contributed by atoms with Crippen LogP contribution < -0.4 is 5.32 Å². The highest BCUT2D eigenvalue weighted by Crippen LogP contribution is 2.41. The van der Waals surface area contributed by atoms with Crippen LogP contribution in [-0.4, -0.2) is 33.6 Å². The molecule has 52 heavy (non-hydrogen) atoms. The van der Waals surface area contributed by atoms with Gasteiger partial charge in [-0.3, -0.25) is 9.59 Å². The van der Waals surface area contributed by atoms with Crippen molar-refractivity contribution in [3.8, 4) is 22.6 Å². The molecule has 9 heteroatoms. The van der Waals surface area contributed by atoms with Crippen molar-refractivity contribution in [1.82, 2.24) is 4.98 Å². The van der Waals surface area contributed by atoms with Gasteiger partial charge in [-0.25, -0.2) is 4.98 Å². The van der Waals surface area contributed by atoms with Gasteiger partial charge in [0.15, 0.2) is 17.8 Å². The highest BCUT2D eigenvalue weighted by Gasteiger charge is 2.33. The van der Waals surface area contributed by atoms with Gasteiger partial charge in [-0.1, -0.05) is 133 Å². The molecule has 3 unspecified atom stereocenters. The van der Waals surface area contributed by atoms with Crippen LogP contribution in [0.15, 0.2) is 143 Å².